The zero-order valence-electron chi connectivity index (χ0n) is 18.9. The Morgan fingerprint density at radius 3 is 2.26 bits per heavy atom. The number of aliphatic carboxylic acids is 1. The van der Waals surface area contributed by atoms with Gasteiger partial charge in [0, 0.05) is 18.1 Å². The highest BCUT2D eigenvalue weighted by atomic mass is 19.1. The normalized spacial score (nSPS) is 11.1. The van der Waals surface area contributed by atoms with Crippen LogP contribution in [0.2, 0.25) is 0 Å². The van der Waals surface area contributed by atoms with Gasteiger partial charge >= 0.3 is 5.97 Å². The fourth-order valence-corrected chi connectivity index (χ4v) is 3.05. The molecule has 3 rings (SSSR count). The third kappa shape index (κ3) is 7.25. The molecule has 0 aliphatic rings. The highest BCUT2D eigenvalue weighted by molar-refractivity contribution is 5.67. The number of halogens is 1. The number of ether oxygens (including phenoxy) is 3. The van der Waals surface area contributed by atoms with Crippen molar-refractivity contribution in [2.24, 2.45) is 0 Å². The number of rotatable bonds is 12. The van der Waals surface area contributed by atoms with E-state index in [1.54, 1.807) is 37.6 Å². The van der Waals surface area contributed by atoms with Crippen LogP contribution < -0.4 is 19.7 Å². The van der Waals surface area contributed by atoms with Crippen LogP contribution in [-0.2, 0) is 22.7 Å². The minimum atomic E-state index is -0.963. The average Bonchev–Trinajstić information content (AvgIpc) is 2.85. The second kappa shape index (κ2) is 12.3. The van der Waals surface area contributed by atoms with Crippen molar-refractivity contribution in [3.05, 3.63) is 95.5 Å². The number of carboxylic acid groups (broad SMARTS) is 1. The average molecular weight is 467 g/mol. The molecule has 0 spiro atoms. The zero-order chi connectivity index (χ0) is 24.3. The molecule has 3 aromatic rings. The van der Waals surface area contributed by atoms with Gasteiger partial charge in [0.1, 0.15) is 41.6 Å². The van der Waals surface area contributed by atoms with Crippen molar-refractivity contribution in [1.29, 1.82) is 0 Å². The van der Waals surface area contributed by atoms with Crippen molar-refractivity contribution in [1.82, 2.24) is 5.48 Å². The van der Waals surface area contributed by atoms with E-state index in [4.69, 9.17) is 24.2 Å². The van der Waals surface area contributed by atoms with E-state index in [9.17, 15) is 9.18 Å². The Hall–Kier alpha value is -4.04. The number of aryl methyl sites for hydroxylation is 1. The maximum Gasteiger partial charge on any atom is 0.303 e. The van der Waals surface area contributed by atoms with E-state index in [1.165, 1.54) is 13.2 Å². The van der Waals surface area contributed by atoms with Crippen LogP contribution in [0.5, 0.6) is 17.2 Å². The third-order valence-corrected chi connectivity index (χ3v) is 4.89. The highest BCUT2D eigenvalue weighted by Crippen LogP contribution is 2.21. The van der Waals surface area contributed by atoms with Gasteiger partial charge < -0.3 is 19.3 Å². The summed E-state index contributed by atoms with van der Waals surface area (Å²) in [4.78, 5) is 15.7. The summed E-state index contributed by atoms with van der Waals surface area (Å²) in [5.74, 6) is 0.286. The first-order valence-corrected chi connectivity index (χ1v) is 10.5. The Labute approximate surface area is 197 Å². The topological polar surface area (TPSA) is 86.2 Å². The van der Waals surface area contributed by atoms with Gasteiger partial charge in [-0.3, -0.25) is 15.1 Å². The standard InChI is InChI=1S/C26H26FNO6/c1-31-21-11-6-20(7-12-21)25(28-32-2)17-34-22-9-3-18(4-10-22)16-33-23-13-5-19(24(27)15-23)8-14-26(29)30/h3-7,9-13,15,17,28H,8,14,16H2,1-2H3,(H,29,30). The molecule has 0 aliphatic heterocycles. The maximum atomic E-state index is 14.1. The van der Waals surface area contributed by atoms with Crippen molar-refractivity contribution in [2.45, 2.75) is 19.4 Å². The fraction of sp³-hybridized carbons (Fsp3) is 0.192. The number of hydrogen-bond acceptors (Lipinski definition) is 6. The fourth-order valence-electron chi connectivity index (χ4n) is 3.05. The molecule has 7 nitrogen and oxygen atoms in total. The molecule has 0 amide bonds. The van der Waals surface area contributed by atoms with Crippen LogP contribution in [0, 0.1) is 5.82 Å². The van der Waals surface area contributed by atoms with Gasteiger partial charge in [0.05, 0.1) is 14.2 Å². The van der Waals surface area contributed by atoms with E-state index < -0.39 is 11.8 Å². The van der Waals surface area contributed by atoms with E-state index in [-0.39, 0.29) is 19.4 Å². The molecule has 34 heavy (non-hydrogen) atoms. The minimum absolute atomic E-state index is 0.121. The van der Waals surface area contributed by atoms with Gasteiger partial charge in [0.15, 0.2) is 0 Å². The van der Waals surface area contributed by atoms with Gasteiger partial charge in [-0.1, -0.05) is 18.2 Å². The van der Waals surface area contributed by atoms with Gasteiger partial charge in [-0.25, -0.2) is 4.39 Å². The molecule has 8 heteroatoms. The summed E-state index contributed by atoms with van der Waals surface area (Å²) in [5.41, 5.74) is 5.50. The summed E-state index contributed by atoms with van der Waals surface area (Å²) in [6.07, 6.45) is 1.56. The quantitative estimate of drug-likeness (QED) is 0.288. The molecule has 0 unspecified atom stereocenters. The minimum Gasteiger partial charge on any atom is -0.497 e. The second-order valence-electron chi connectivity index (χ2n) is 7.26. The molecule has 0 aliphatic carbocycles. The first-order valence-electron chi connectivity index (χ1n) is 10.5. The molecule has 0 bridgehead atoms. The summed E-state index contributed by atoms with van der Waals surface area (Å²) in [6, 6.07) is 19.2. The SMILES string of the molecule is CONC(=COc1ccc(COc2ccc(CCC(=O)O)c(F)c2)cc1)c1ccc(OC)cc1. The first kappa shape index (κ1) is 24.6. The van der Waals surface area contributed by atoms with Crippen LogP contribution in [0.15, 0.2) is 73.0 Å². The molecular weight excluding hydrogens is 441 g/mol. The highest BCUT2D eigenvalue weighted by Gasteiger charge is 2.08. The van der Waals surface area contributed by atoms with E-state index in [0.29, 0.717) is 22.8 Å². The van der Waals surface area contributed by atoms with Crippen molar-refractivity contribution in [3.63, 3.8) is 0 Å². The van der Waals surface area contributed by atoms with Crippen molar-refractivity contribution < 1.29 is 33.3 Å². The van der Waals surface area contributed by atoms with Crippen LogP contribution in [0.1, 0.15) is 23.1 Å². The lowest BCUT2D eigenvalue weighted by Crippen LogP contribution is -2.11. The summed E-state index contributed by atoms with van der Waals surface area (Å²) >= 11 is 0. The number of benzene rings is 3. The predicted octanol–water partition coefficient (Wildman–Crippen LogP) is 4.96. The van der Waals surface area contributed by atoms with Gasteiger partial charge in [-0.2, -0.15) is 0 Å². The van der Waals surface area contributed by atoms with Crippen LogP contribution in [0.25, 0.3) is 5.70 Å². The Balaban J connectivity index is 1.57. The lowest BCUT2D eigenvalue weighted by atomic mass is 10.1. The lowest BCUT2D eigenvalue weighted by Gasteiger charge is -2.11. The number of carboxylic acids is 1. The Bertz CT molecular complexity index is 1110. The molecule has 2 N–H and O–H groups in total. The summed E-state index contributed by atoms with van der Waals surface area (Å²) < 4.78 is 30.7. The molecule has 0 atom stereocenters. The molecule has 0 fully saturated rings. The van der Waals surface area contributed by atoms with Crippen molar-refractivity contribution in [3.8, 4) is 17.2 Å². The largest absolute Gasteiger partial charge is 0.497 e. The number of hydrogen-bond donors (Lipinski definition) is 2. The van der Waals surface area contributed by atoms with Gasteiger partial charge in [0.2, 0.25) is 0 Å². The van der Waals surface area contributed by atoms with Gasteiger partial charge in [-0.15, -0.1) is 0 Å². The zero-order valence-corrected chi connectivity index (χ0v) is 18.9. The van der Waals surface area contributed by atoms with E-state index in [0.717, 1.165) is 16.9 Å². The molecule has 0 aromatic heterocycles. The van der Waals surface area contributed by atoms with E-state index in [1.807, 2.05) is 36.4 Å². The van der Waals surface area contributed by atoms with Gasteiger partial charge in [-0.05, 0) is 60.0 Å². The molecule has 178 valence electrons. The number of carbonyl (C=O) groups is 1. The number of methoxy groups -OCH3 is 1. The number of hydroxylamine groups is 1. The Morgan fingerprint density at radius 1 is 0.971 bits per heavy atom. The molecule has 0 saturated carbocycles. The lowest BCUT2D eigenvalue weighted by molar-refractivity contribution is -0.136. The summed E-state index contributed by atoms with van der Waals surface area (Å²) in [6.45, 7) is 0.242. The Morgan fingerprint density at radius 2 is 1.65 bits per heavy atom. The number of nitrogens with one attached hydrogen (secondary N) is 1. The molecule has 3 aromatic carbocycles. The van der Waals surface area contributed by atoms with E-state index in [2.05, 4.69) is 5.48 Å². The van der Waals surface area contributed by atoms with Crippen LogP contribution in [-0.4, -0.2) is 25.3 Å². The van der Waals surface area contributed by atoms with Crippen molar-refractivity contribution in [2.75, 3.05) is 14.2 Å². The van der Waals surface area contributed by atoms with Crippen LogP contribution in [0.3, 0.4) is 0 Å². The van der Waals surface area contributed by atoms with Crippen LogP contribution in [0.4, 0.5) is 4.39 Å². The molecule has 0 saturated heterocycles. The molecule has 0 heterocycles. The van der Waals surface area contributed by atoms with Gasteiger partial charge in [0.25, 0.3) is 0 Å². The van der Waals surface area contributed by atoms with Crippen molar-refractivity contribution >= 4 is 11.7 Å². The summed E-state index contributed by atoms with van der Waals surface area (Å²) in [7, 11) is 3.12. The Kier molecular flexibility index (Phi) is 8.88. The van der Waals surface area contributed by atoms with E-state index >= 15 is 0 Å². The molecule has 0 radical (unpaired) electrons. The first-order chi connectivity index (χ1) is 16.5. The maximum absolute atomic E-state index is 14.1. The van der Waals surface area contributed by atoms with Crippen LogP contribution >= 0.6 is 0 Å². The second-order valence-corrected chi connectivity index (χ2v) is 7.26. The predicted molar refractivity (Wildman–Crippen MR) is 125 cm³/mol. The molecular formula is C26H26FNO6. The third-order valence-electron chi connectivity index (χ3n) is 4.89. The monoisotopic (exact) mass is 467 g/mol. The summed E-state index contributed by atoms with van der Waals surface area (Å²) in [5, 5.41) is 8.73. The smallest absolute Gasteiger partial charge is 0.303 e.